The van der Waals surface area contributed by atoms with E-state index >= 15 is 0 Å². The maximum Gasteiger partial charge on any atom is 0.261 e. The van der Waals surface area contributed by atoms with E-state index in [4.69, 9.17) is 4.74 Å². The van der Waals surface area contributed by atoms with Crippen molar-refractivity contribution in [3.63, 3.8) is 0 Å². The van der Waals surface area contributed by atoms with Crippen LogP contribution in [-0.2, 0) is 9.53 Å². The van der Waals surface area contributed by atoms with Gasteiger partial charge in [-0.2, -0.15) is 0 Å². The lowest BCUT2D eigenvalue weighted by molar-refractivity contribution is -0.134. The van der Waals surface area contributed by atoms with E-state index in [1.165, 1.54) is 11.3 Å². The predicted molar refractivity (Wildman–Crippen MR) is 64.1 cm³/mol. The van der Waals surface area contributed by atoms with Crippen molar-refractivity contribution in [2.75, 3.05) is 32.8 Å². The quantitative estimate of drug-likeness (QED) is 0.846. The van der Waals surface area contributed by atoms with Crippen molar-refractivity contribution in [3.05, 3.63) is 22.4 Å². The second-order valence-corrected chi connectivity index (χ2v) is 4.60. The molecular formula is C11H14N2O3S. The number of nitrogens with zero attached hydrogens (tertiary/aromatic N) is 1. The minimum Gasteiger partial charge on any atom is -0.378 e. The van der Waals surface area contributed by atoms with E-state index in [-0.39, 0.29) is 18.4 Å². The Morgan fingerprint density at radius 1 is 1.41 bits per heavy atom. The van der Waals surface area contributed by atoms with Crippen LogP contribution in [0.1, 0.15) is 9.67 Å². The van der Waals surface area contributed by atoms with Gasteiger partial charge in [-0.1, -0.05) is 6.07 Å². The topological polar surface area (TPSA) is 58.6 Å². The summed E-state index contributed by atoms with van der Waals surface area (Å²) in [4.78, 5) is 25.7. The molecule has 0 aromatic carbocycles. The summed E-state index contributed by atoms with van der Waals surface area (Å²) in [5.41, 5.74) is 0. The van der Waals surface area contributed by atoms with Crippen LogP contribution in [0.25, 0.3) is 0 Å². The van der Waals surface area contributed by atoms with Crippen molar-refractivity contribution in [2.24, 2.45) is 0 Å². The average Bonchev–Trinajstić information content (AvgIpc) is 2.90. The van der Waals surface area contributed by atoms with Crippen LogP contribution in [-0.4, -0.2) is 49.6 Å². The number of ether oxygens (including phenoxy) is 1. The van der Waals surface area contributed by atoms with Gasteiger partial charge >= 0.3 is 0 Å². The molecule has 0 bridgehead atoms. The average molecular weight is 254 g/mol. The Kier molecular flexibility index (Phi) is 4.11. The second kappa shape index (κ2) is 5.79. The van der Waals surface area contributed by atoms with Gasteiger partial charge in [-0.25, -0.2) is 0 Å². The smallest absolute Gasteiger partial charge is 0.261 e. The summed E-state index contributed by atoms with van der Waals surface area (Å²) in [6.45, 7) is 2.41. The maximum absolute atomic E-state index is 11.7. The van der Waals surface area contributed by atoms with Crippen LogP contribution < -0.4 is 5.32 Å². The lowest BCUT2D eigenvalue weighted by atomic mass is 10.4. The van der Waals surface area contributed by atoms with Gasteiger partial charge < -0.3 is 15.0 Å². The Labute approximate surface area is 103 Å². The van der Waals surface area contributed by atoms with Gasteiger partial charge in [-0.05, 0) is 11.4 Å². The van der Waals surface area contributed by atoms with Crippen LogP contribution in [0.2, 0.25) is 0 Å². The SMILES string of the molecule is O=C(NCC(=O)N1CCOCC1)c1cccs1. The summed E-state index contributed by atoms with van der Waals surface area (Å²) in [7, 11) is 0. The zero-order valence-corrected chi connectivity index (χ0v) is 10.2. The molecule has 2 amide bonds. The first-order chi connectivity index (χ1) is 8.27. The molecule has 0 radical (unpaired) electrons. The zero-order chi connectivity index (χ0) is 12.1. The van der Waals surface area contributed by atoms with Crippen LogP contribution in [0.5, 0.6) is 0 Å². The first-order valence-electron chi connectivity index (χ1n) is 5.44. The van der Waals surface area contributed by atoms with Gasteiger partial charge in [0.05, 0.1) is 24.6 Å². The summed E-state index contributed by atoms with van der Waals surface area (Å²) in [6, 6.07) is 3.54. The molecule has 0 unspecified atom stereocenters. The molecule has 1 aliphatic rings. The van der Waals surface area contributed by atoms with Crippen molar-refractivity contribution in [1.29, 1.82) is 0 Å². The van der Waals surface area contributed by atoms with Gasteiger partial charge in [-0.15, -0.1) is 11.3 Å². The van der Waals surface area contributed by atoms with Crippen LogP contribution in [0.3, 0.4) is 0 Å². The summed E-state index contributed by atoms with van der Waals surface area (Å²) in [6.07, 6.45) is 0. The number of thiophene rings is 1. The molecule has 17 heavy (non-hydrogen) atoms. The molecule has 92 valence electrons. The number of carbonyl (C=O) groups is 2. The monoisotopic (exact) mass is 254 g/mol. The fourth-order valence-electron chi connectivity index (χ4n) is 1.58. The molecule has 1 aromatic rings. The Balaban J connectivity index is 1.77. The molecular weight excluding hydrogens is 240 g/mol. The lowest BCUT2D eigenvalue weighted by Gasteiger charge is -2.26. The third kappa shape index (κ3) is 3.28. The van der Waals surface area contributed by atoms with Crippen molar-refractivity contribution in [1.82, 2.24) is 10.2 Å². The molecule has 1 N–H and O–H groups in total. The largest absolute Gasteiger partial charge is 0.378 e. The van der Waals surface area contributed by atoms with E-state index in [1.54, 1.807) is 11.0 Å². The van der Waals surface area contributed by atoms with Gasteiger partial charge in [0.15, 0.2) is 0 Å². The van der Waals surface area contributed by atoms with Crippen LogP contribution in [0.15, 0.2) is 17.5 Å². The molecule has 5 nitrogen and oxygen atoms in total. The zero-order valence-electron chi connectivity index (χ0n) is 9.35. The number of carbonyl (C=O) groups excluding carboxylic acids is 2. The Morgan fingerprint density at radius 2 is 2.18 bits per heavy atom. The highest BCUT2D eigenvalue weighted by Crippen LogP contribution is 2.07. The minimum absolute atomic E-state index is 0.0523. The van der Waals surface area contributed by atoms with E-state index in [2.05, 4.69) is 5.32 Å². The van der Waals surface area contributed by atoms with Gasteiger partial charge in [-0.3, -0.25) is 9.59 Å². The van der Waals surface area contributed by atoms with Gasteiger partial charge in [0.2, 0.25) is 5.91 Å². The molecule has 1 aromatic heterocycles. The molecule has 1 fully saturated rings. The molecule has 1 aliphatic heterocycles. The Hall–Kier alpha value is -1.40. The summed E-state index contributed by atoms with van der Waals surface area (Å²) in [5.74, 6) is -0.250. The Bertz CT molecular complexity index is 385. The standard InChI is InChI=1S/C11H14N2O3S/c14-10(13-3-5-16-6-4-13)8-12-11(15)9-2-1-7-17-9/h1-2,7H,3-6,8H2,(H,12,15). The molecule has 2 heterocycles. The lowest BCUT2D eigenvalue weighted by Crippen LogP contribution is -2.45. The number of nitrogens with one attached hydrogen (secondary N) is 1. The highest BCUT2D eigenvalue weighted by Gasteiger charge is 2.17. The molecule has 0 aliphatic carbocycles. The van der Waals surface area contributed by atoms with Crippen molar-refractivity contribution in [2.45, 2.75) is 0 Å². The van der Waals surface area contributed by atoms with Crippen molar-refractivity contribution < 1.29 is 14.3 Å². The molecule has 0 spiro atoms. The molecule has 2 rings (SSSR count). The van der Waals surface area contributed by atoms with Gasteiger partial charge in [0.25, 0.3) is 5.91 Å². The molecule has 0 atom stereocenters. The third-order valence-electron chi connectivity index (χ3n) is 2.51. The van der Waals surface area contributed by atoms with Crippen LogP contribution in [0, 0.1) is 0 Å². The van der Waals surface area contributed by atoms with Crippen LogP contribution >= 0.6 is 11.3 Å². The highest BCUT2D eigenvalue weighted by atomic mass is 32.1. The van der Waals surface area contributed by atoms with Crippen molar-refractivity contribution in [3.8, 4) is 0 Å². The fraction of sp³-hybridized carbons (Fsp3) is 0.455. The number of hydrogen-bond donors (Lipinski definition) is 1. The maximum atomic E-state index is 11.7. The number of morpholine rings is 1. The van der Waals surface area contributed by atoms with Gasteiger partial charge in [0.1, 0.15) is 0 Å². The first-order valence-corrected chi connectivity index (χ1v) is 6.32. The fourth-order valence-corrected chi connectivity index (χ4v) is 2.22. The van der Waals surface area contributed by atoms with Gasteiger partial charge in [0, 0.05) is 13.1 Å². The number of rotatable bonds is 3. The summed E-state index contributed by atoms with van der Waals surface area (Å²) in [5, 5.41) is 4.45. The number of hydrogen-bond acceptors (Lipinski definition) is 4. The Morgan fingerprint density at radius 3 is 2.82 bits per heavy atom. The first kappa shape index (κ1) is 12.1. The summed E-state index contributed by atoms with van der Waals surface area (Å²) < 4.78 is 5.15. The van der Waals surface area contributed by atoms with E-state index in [0.717, 1.165) is 0 Å². The van der Waals surface area contributed by atoms with E-state index in [9.17, 15) is 9.59 Å². The van der Waals surface area contributed by atoms with E-state index in [1.807, 2.05) is 11.4 Å². The van der Waals surface area contributed by atoms with Crippen molar-refractivity contribution >= 4 is 23.2 Å². The van der Waals surface area contributed by atoms with E-state index in [0.29, 0.717) is 31.2 Å². The summed E-state index contributed by atoms with van der Waals surface area (Å²) >= 11 is 1.36. The van der Waals surface area contributed by atoms with E-state index < -0.39 is 0 Å². The molecule has 0 saturated carbocycles. The highest BCUT2D eigenvalue weighted by molar-refractivity contribution is 7.12. The predicted octanol–water partition coefficient (Wildman–Crippen LogP) is 0.337. The third-order valence-corrected chi connectivity index (χ3v) is 3.38. The molecule has 6 heteroatoms. The normalized spacial score (nSPS) is 15.6. The second-order valence-electron chi connectivity index (χ2n) is 3.65. The molecule has 1 saturated heterocycles. The van der Waals surface area contributed by atoms with Crippen LogP contribution in [0.4, 0.5) is 0 Å². The minimum atomic E-state index is -0.193. The number of amides is 2.